The third-order valence-corrected chi connectivity index (χ3v) is 5.69. The minimum Gasteiger partial charge on any atom is -0.484 e. The van der Waals surface area contributed by atoms with Crippen LogP contribution < -0.4 is 4.74 Å². The molecule has 0 saturated carbocycles. The van der Waals surface area contributed by atoms with E-state index in [4.69, 9.17) is 4.74 Å². The Labute approximate surface area is 142 Å². The number of hydrogen-bond acceptors (Lipinski definition) is 4. The van der Waals surface area contributed by atoms with Gasteiger partial charge in [0, 0.05) is 18.9 Å². The van der Waals surface area contributed by atoms with Crippen LogP contribution in [0.25, 0.3) is 0 Å². The Morgan fingerprint density at radius 2 is 1.96 bits per heavy atom. The SMILES string of the molecule is CN1CCC(C(=O)N2CCC3(CC(=O)c4ccccc4O3)C2)CC1. The second-order valence-electron chi connectivity index (χ2n) is 7.47. The molecule has 5 nitrogen and oxygen atoms in total. The molecule has 1 spiro atoms. The van der Waals surface area contributed by atoms with Gasteiger partial charge in [0.1, 0.15) is 11.4 Å². The molecule has 0 aliphatic carbocycles. The van der Waals surface area contributed by atoms with Crippen molar-refractivity contribution >= 4 is 11.7 Å². The number of hydrogen-bond donors (Lipinski definition) is 0. The number of para-hydroxylation sites is 1. The second kappa shape index (κ2) is 5.88. The Balaban J connectivity index is 1.47. The lowest BCUT2D eigenvalue weighted by Gasteiger charge is -2.35. The highest BCUT2D eigenvalue weighted by atomic mass is 16.5. The minimum atomic E-state index is -0.521. The molecule has 2 fully saturated rings. The van der Waals surface area contributed by atoms with E-state index >= 15 is 0 Å². The zero-order valence-corrected chi connectivity index (χ0v) is 14.2. The lowest BCUT2D eigenvalue weighted by molar-refractivity contribution is -0.136. The van der Waals surface area contributed by atoms with Gasteiger partial charge in [-0.15, -0.1) is 0 Å². The van der Waals surface area contributed by atoms with E-state index < -0.39 is 5.60 Å². The van der Waals surface area contributed by atoms with Crippen LogP contribution in [0.4, 0.5) is 0 Å². The highest BCUT2D eigenvalue weighted by Gasteiger charge is 2.47. The molecule has 5 heteroatoms. The molecule has 3 heterocycles. The number of amides is 1. The average molecular weight is 328 g/mol. The summed E-state index contributed by atoms with van der Waals surface area (Å²) in [5.41, 5.74) is 0.148. The Hall–Kier alpha value is -1.88. The summed E-state index contributed by atoms with van der Waals surface area (Å²) >= 11 is 0. The molecule has 3 aliphatic heterocycles. The van der Waals surface area contributed by atoms with Crippen molar-refractivity contribution in [2.45, 2.75) is 31.3 Å². The van der Waals surface area contributed by atoms with Crippen LogP contribution in [-0.2, 0) is 4.79 Å². The maximum Gasteiger partial charge on any atom is 0.225 e. The Bertz CT molecular complexity index is 666. The molecule has 2 saturated heterocycles. The molecule has 1 aromatic rings. The highest BCUT2D eigenvalue weighted by molar-refractivity contribution is 6.00. The molecule has 0 aromatic heterocycles. The summed E-state index contributed by atoms with van der Waals surface area (Å²) in [7, 11) is 2.10. The molecule has 1 atom stereocenters. The molecule has 4 rings (SSSR count). The lowest BCUT2D eigenvalue weighted by atomic mass is 9.89. The van der Waals surface area contributed by atoms with Crippen LogP contribution in [0.1, 0.15) is 36.0 Å². The predicted molar refractivity (Wildman–Crippen MR) is 90.2 cm³/mol. The first-order chi connectivity index (χ1) is 11.6. The predicted octanol–water partition coefficient (Wildman–Crippen LogP) is 1.96. The lowest BCUT2D eigenvalue weighted by Crippen LogP contribution is -2.47. The number of benzene rings is 1. The van der Waals surface area contributed by atoms with E-state index in [9.17, 15) is 9.59 Å². The first-order valence-corrected chi connectivity index (χ1v) is 8.85. The summed E-state index contributed by atoms with van der Waals surface area (Å²) in [6, 6.07) is 7.43. The standard InChI is InChI=1S/C19H24N2O3/c1-20-9-6-14(7-10-20)18(23)21-11-8-19(13-21)12-16(22)15-4-2-3-5-17(15)24-19/h2-5,14H,6-13H2,1H3. The molecule has 1 unspecified atom stereocenters. The first kappa shape index (κ1) is 15.6. The van der Waals surface area contributed by atoms with Gasteiger partial charge in [-0.1, -0.05) is 12.1 Å². The third-order valence-electron chi connectivity index (χ3n) is 5.69. The van der Waals surface area contributed by atoms with Crippen molar-refractivity contribution in [3.63, 3.8) is 0 Å². The van der Waals surface area contributed by atoms with Gasteiger partial charge in [0.2, 0.25) is 5.91 Å². The molecule has 0 bridgehead atoms. The van der Waals surface area contributed by atoms with Crippen LogP contribution in [-0.4, -0.2) is 60.3 Å². The Morgan fingerprint density at radius 3 is 2.75 bits per heavy atom. The molecule has 128 valence electrons. The Kier molecular flexibility index (Phi) is 3.83. The summed E-state index contributed by atoms with van der Waals surface area (Å²) < 4.78 is 6.21. The number of ketones is 1. The fourth-order valence-electron chi connectivity index (χ4n) is 4.22. The van der Waals surface area contributed by atoms with Crippen LogP contribution in [0.15, 0.2) is 24.3 Å². The van der Waals surface area contributed by atoms with Crippen molar-refractivity contribution in [3.05, 3.63) is 29.8 Å². The quantitative estimate of drug-likeness (QED) is 0.791. The van der Waals surface area contributed by atoms with Crippen LogP contribution in [0.2, 0.25) is 0 Å². The number of piperidine rings is 1. The maximum absolute atomic E-state index is 12.8. The molecule has 3 aliphatic rings. The number of ether oxygens (including phenoxy) is 1. The van der Waals surface area contributed by atoms with E-state index in [-0.39, 0.29) is 17.6 Å². The summed E-state index contributed by atoms with van der Waals surface area (Å²) in [6.45, 7) is 3.20. The number of rotatable bonds is 1. The molecular formula is C19H24N2O3. The number of likely N-dealkylation sites (tertiary alicyclic amines) is 2. The summed E-state index contributed by atoms with van der Waals surface area (Å²) in [5, 5.41) is 0. The number of Topliss-reactive ketones (excluding diaryl/α,β-unsaturated/α-hetero) is 1. The van der Waals surface area contributed by atoms with Gasteiger partial charge in [-0.2, -0.15) is 0 Å². The van der Waals surface area contributed by atoms with Crippen LogP contribution in [0.3, 0.4) is 0 Å². The van der Waals surface area contributed by atoms with E-state index in [1.807, 2.05) is 29.2 Å². The van der Waals surface area contributed by atoms with Crippen molar-refractivity contribution in [1.29, 1.82) is 0 Å². The van der Waals surface area contributed by atoms with Gasteiger partial charge in [0.25, 0.3) is 0 Å². The summed E-state index contributed by atoms with van der Waals surface area (Å²) in [6.07, 6.45) is 2.98. The molecule has 1 amide bonds. The number of carbonyl (C=O) groups excluding carboxylic acids is 2. The van der Waals surface area contributed by atoms with Crippen LogP contribution >= 0.6 is 0 Å². The van der Waals surface area contributed by atoms with Crippen molar-refractivity contribution in [2.75, 3.05) is 33.2 Å². The fraction of sp³-hybridized carbons (Fsp3) is 0.579. The smallest absolute Gasteiger partial charge is 0.225 e. The largest absolute Gasteiger partial charge is 0.484 e. The van der Waals surface area contributed by atoms with Crippen molar-refractivity contribution in [1.82, 2.24) is 9.80 Å². The van der Waals surface area contributed by atoms with E-state index in [1.165, 1.54) is 0 Å². The van der Waals surface area contributed by atoms with Crippen molar-refractivity contribution in [2.24, 2.45) is 5.92 Å². The van der Waals surface area contributed by atoms with Crippen LogP contribution in [0, 0.1) is 5.92 Å². The highest BCUT2D eigenvalue weighted by Crippen LogP contribution is 2.39. The van der Waals surface area contributed by atoms with Gasteiger partial charge < -0.3 is 14.5 Å². The van der Waals surface area contributed by atoms with Gasteiger partial charge >= 0.3 is 0 Å². The van der Waals surface area contributed by atoms with Crippen molar-refractivity contribution < 1.29 is 14.3 Å². The van der Waals surface area contributed by atoms with Gasteiger partial charge in [-0.25, -0.2) is 0 Å². The fourth-order valence-corrected chi connectivity index (χ4v) is 4.22. The summed E-state index contributed by atoms with van der Waals surface area (Å²) in [4.78, 5) is 29.5. The zero-order valence-electron chi connectivity index (χ0n) is 14.2. The van der Waals surface area contributed by atoms with Crippen LogP contribution in [0.5, 0.6) is 5.75 Å². The van der Waals surface area contributed by atoms with E-state index in [2.05, 4.69) is 11.9 Å². The molecule has 0 radical (unpaired) electrons. The van der Waals surface area contributed by atoms with E-state index in [1.54, 1.807) is 0 Å². The Morgan fingerprint density at radius 1 is 1.21 bits per heavy atom. The molecule has 1 aromatic carbocycles. The minimum absolute atomic E-state index is 0.128. The second-order valence-corrected chi connectivity index (χ2v) is 7.47. The van der Waals surface area contributed by atoms with Crippen molar-refractivity contribution in [3.8, 4) is 5.75 Å². The van der Waals surface area contributed by atoms with Gasteiger partial charge in [-0.05, 0) is 45.1 Å². The van der Waals surface area contributed by atoms with E-state index in [0.717, 1.165) is 32.4 Å². The number of fused-ring (bicyclic) bond motifs is 1. The molecule has 0 N–H and O–H groups in total. The summed E-state index contributed by atoms with van der Waals surface area (Å²) in [5.74, 6) is 1.17. The van der Waals surface area contributed by atoms with Gasteiger partial charge in [-0.3, -0.25) is 9.59 Å². The monoisotopic (exact) mass is 328 g/mol. The third kappa shape index (κ3) is 2.71. The maximum atomic E-state index is 12.8. The molecule has 24 heavy (non-hydrogen) atoms. The molecular weight excluding hydrogens is 304 g/mol. The topological polar surface area (TPSA) is 49.9 Å². The zero-order chi connectivity index (χ0) is 16.7. The number of carbonyl (C=O) groups is 2. The van der Waals surface area contributed by atoms with Gasteiger partial charge in [0.05, 0.1) is 18.5 Å². The normalized spacial score (nSPS) is 28.0. The van der Waals surface area contributed by atoms with Gasteiger partial charge in [0.15, 0.2) is 5.78 Å². The average Bonchev–Trinajstić information content (AvgIpc) is 2.98. The first-order valence-electron chi connectivity index (χ1n) is 8.85. The van der Waals surface area contributed by atoms with E-state index in [0.29, 0.717) is 30.8 Å². The number of nitrogens with zero attached hydrogens (tertiary/aromatic N) is 2.